The average molecular weight is 240 g/mol. The van der Waals surface area contributed by atoms with Crippen molar-refractivity contribution in [3.8, 4) is 0 Å². The van der Waals surface area contributed by atoms with Crippen LogP contribution in [-0.4, -0.2) is 13.0 Å². The van der Waals surface area contributed by atoms with Gasteiger partial charge in [0.2, 0.25) is 0 Å². The van der Waals surface area contributed by atoms with Gasteiger partial charge in [-0.2, -0.15) is 20.2 Å². The largest absolute Gasteiger partial charge is 1.00 e. The normalized spacial score (nSPS) is 14.6. The first kappa shape index (κ1) is 12.5. The molecule has 0 saturated carbocycles. The van der Waals surface area contributed by atoms with Crippen LogP contribution in [0.5, 0.6) is 0 Å². The maximum absolute atomic E-state index is 10.8. The summed E-state index contributed by atoms with van der Waals surface area (Å²) >= 11 is 1.75. The van der Waals surface area contributed by atoms with Crippen LogP contribution in [0.3, 0.4) is 0 Å². The molecule has 14 heavy (non-hydrogen) atoms. The number of hydrogen-bond acceptors (Lipinski definition) is 3. The molecular formula is C8H9NaO3S2. The van der Waals surface area contributed by atoms with Gasteiger partial charge >= 0.3 is 29.6 Å². The van der Waals surface area contributed by atoms with Gasteiger partial charge < -0.3 is 1.43 Å². The summed E-state index contributed by atoms with van der Waals surface area (Å²) < 4.78 is 30.3. The van der Waals surface area contributed by atoms with Crippen molar-refractivity contribution >= 4 is 21.9 Å². The van der Waals surface area contributed by atoms with Gasteiger partial charge in [-0.1, -0.05) is 6.07 Å². The van der Waals surface area contributed by atoms with Crippen LogP contribution in [0.15, 0.2) is 23.1 Å². The number of fused-ring (bicyclic) bond motifs is 1. The summed E-state index contributed by atoms with van der Waals surface area (Å²) in [5.74, 6) is 1.76. The predicted molar refractivity (Wildman–Crippen MR) is 52.4 cm³/mol. The molecule has 3 nitrogen and oxygen atoms in total. The summed E-state index contributed by atoms with van der Waals surface area (Å²) in [4.78, 5) is -0.00579. The van der Waals surface area contributed by atoms with Crippen molar-refractivity contribution < 1.29 is 44.0 Å². The van der Waals surface area contributed by atoms with E-state index in [9.17, 15) is 8.42 Å². The van der Waals surface area contributed by atoms with Crippen LogP contribution in [0.1, 0.15) is 12.6 Å². The molecule has 0 bridgehead atoms. The van der Waals surface area contributed by atoms with Gasteiger partial charge in [-0.05, 0) is 23.3 Å². The zero-order chi connectivity index (χ0) is 9.47. The number of benzene rings is 1. The maximum Gasteiger partial charge on any atom is 1.00 e. The molecule has 0 radical (unpaired) electrons. The van der Waals surface area contributed by atoms with Crippen LogP contribution in [-0.2, 0) is 21.6 Å². The topological polar surface area (TPSA) is 54.4 Å². The van der Waals surface area contributed by atoms with Crippen molar-refractivity contribution in [3.63, 3.8) is 0 Å². The molecule has 72 valence electrons. The molecule has 1 N–H and O–H groups in total. The number of hydrogen-bond donors (Lipinski definition) is 1. The summed E-state index contributed by atoms with van der Waals surface area (Å²) in [6.45, 7) is 0. The van der Waals surface area contributed by atoms with Crippen molar-refractivity contribution in [2.24, 2.45) is 0 Å². The summed E-state index contributed by atoms with van der Waals surface area (Å²) in [6.07, 6.45) is 0. The van der Waals surface area contributed by atoms with Gasteiger partial charge in [0.1, 0.15) is 0 Å². The van der Waals surface area contributed by atoms with Crippen LogP contribution >= 0.6 is 11.8 Å². The van der Waals surface area contributed by atoms with E-state index in [1.54, 1.807) is 23.9 Å². The van der Waals surface area contributed by atoms with Gasteiger partial charge in [-0.25, -0.2) is 0 Å². The number of thioether (sulfide) groups is 1. The van der Waals surface area contributed by atoms with E-state index in [0.29, 0.717) is 0 Å². The SMILES string of the molecule is O=S(=O)(O)c1ccc2c(c1)CSC2.[H-].[Na+]. The molecule has 6 heteroatoms. The molecule has 1 aliphatic rings. The van der Waals surface area contributed by atoms with Gasteiger partial charge in [0.05, 0.1) is 4.90 Å². The number of rotatable bonds is 1. The summed E-state index contributed by atoms with van der Waals surface area (Å²) in [7, 11) is -4.03. The van der Waals surface area contributed by atoms with Crippen molar-refractivity contribution in [2.45, 2.75) is 16.4 Å². The van der Waals surface area contributed by atoms with Crippen LogP contribution in [0, 0.1) is 0 Å². The quantitative estimate of drug-likeness (QED) is 0.495. The Hall–Kier alpha value is 0.480. The second-order valence-electron chi connectivity index (χ2n) is 2.90. The second-order valence-corrected chi connectivity index (χ2v) is 5.31. The monoisotopic (exact) mass is 240 g/mol. The molecule has 1 heterocycles. The Kier molecular flexibility index (Phi) is 4.08. The fourth-order valence-electron chi connectivity index (χ4n) is 1.31. The Labute approximate surface area is 111 Å². The standard InChI is InChI=1S/C8H8O3S2.Na.H/c9-13(10,11)8-2-1-6-4-12-5-7(6)3-8;;/h1-3H,4-5H2,(H,9,10,11);;/q;+1;-1. The third kappa shape index (κ3) is 2.53. The summed E-state index contributed by atoms with van der Waals surface area (Å²) in [6, 6.07) is 4.75. The molecule has 1 aromatic rings. The Morgan fingerprint density at radius 1 is 1.29 bits per heavy atom. The smallest absolute Gasteiger partial charge is 1.00 e. The zero-order valence-electron chi connectivity index (χ0n) is 8.73. The van der Waals surface area contributed by atoms with Gasteiger partial charge in [0, 0.05) is 11.5 Å². The maximum atomic E-state index is 10.8. The van der Waals surface area contributed by atoms with E-state index >= 15 is 0 Å². The van der Waals surface area contributed by atoms with E-state index in [0.717, 1.165) is 22.6 Å². The van der Waals surface area contributed by atoms with Gasteiger partial charge in [-0.3, -0.25) is 4.55 Å². The Bertz CT molecular complexity index is 447. The van der Waals surface area contributed by atoms with Crippen molar-refractivity contribution in [3.05, 3.63) is 29.3 Å². The molecule has 1 aromatic carbocycles. The third-order valence-corrected chi connectivity index (χ3v) is 3.87. The van der Waals surface area contributed by atoms with E-state index in [1.165, 1.54) is 6.07 Å². The van der Waals surface area contributed by atoms with Crippen LogP contribution in [0.25, 0.3) is 0 Å². The van der Waals surface area contributed by atoms with Crippen LogP contribution in [0.2, 0.25) is 0 Å². The van der Waals surface area contributed by atoms with E-state index in [-0.39, 0.29) is 35.9 Å². The summed E-state index contributed by atoms with van der Waals surface area (Å²) in [5.41, 5.74) is 2.18. The first-order valence-corrected chi connectivity index (χ1v) is 6.34. The third-order valence-electron chi connectivity index (χ3n) is 1.99. The van der Waals surface area contributed by atoms with Crippen LogP contribution in [0.4, 0.5) is 0 Å². The Morgan fingerprint density at radius 2 is 1.93 bits per heavy atom. The Morgan fingerprint density at radius 3 is 2.57 bits per heavy atom. The van der Waals surface area contributed by atoms with E-state index in [1.807, 2.05) is 0 Å². The molecule has 0 saturated heterocycles. The average Bonchev–Trinajstić information content (AvgIpc) is 2.47. The molecule has 0 aromatic heterocycles. The molecule has 2 rings (SSSR count). The van der Waals surface area contributed by atoms with E-state index in [4.69, 9.17) is 4.55 Å². The van der Waals surface area contributed by atoms with Gasteiger partial charge in [0.15, 0.2) is 0 Å². The van der Waals surface area contributed by atoms with Crippen molar-refractivity contribution in [1.82, 2.24) is 0 Å². The van der Waals surface area contributed by atoms with Gasteiger partial charge in [0.25, 0.3) is 10.1 Å². The van der Waals surface area contributed by atoms with Gasteiger partial charge in [-0.15, -0.1) is 0 Å². The Balaban J connectivity index is 0.000000980. The molecular weight excluding hydrogens is 231 g/mol. The van der Waals surface area contributed by atoms with E-state index in [2.05, 4.69) is 0 Å². The van der Waals surface area contributed by atoms with E-state index < -0.39 is 10.1 Å². The molecule has 0 aliphatic carbocycles. The minimum Gasteiger partial charge on any atom is -1.00 e. The molecule has 0 spiro atoms. The van der Waals surface area contributed by atoms with Crippen molar-refractivity contribution in [2.75, 3.05) is 0 Å². The molecule has 1 aliphatic heterocycles. The molecule has 0 unspecified atom stereocenters. The fraction of sp³-hybridized carbons (Fsp3) is 0.250. The van der Waals surface area contributed by atoms with Crippen molar-refractivity contribution in [1.29, 1.82) is 0 Å². The molecule has 0 atom stereocenters. The zero-order valence-corrected chi connectivity index (χ0v) is 11.4. The first-order valence-electron chi connectivity index (χ1n) is 3.74. The predicted octanol–water partition coefficient (Wildman–Crippen LogP) is -1.20. The van der Waals surface area contributed by atoms with Crippen LogP contribution < -0.4 is 29.6 Å². The molecule has 0 amide bonds. The molecule has 0 fully saturated rings. The minimum atomic E-state index is -4.03. The first-order chi connectivity index (χ1) is 6.07. The minimum absolute atomic E-state index is 0. The second kappa shape index (κ2) is 4.55. The summed E-state index contributed by atoms with van der Waals surface area (Å²) in [5, 5.41) is 0. The fourth-order valence-corrected chi connectivity index (χ4v) is 2.93.